The van der Waals surface area contributed by atoms with Crippen LogP contribution >= 0.6 is 0 Å². The summed E-state index contributed by atoms with van der Waals surface area (Å²) in [5.74, 6) is 1.72. The third-order valence-corrected chi connectivity index (χ3v) is 3.23. The lowest BCUT2D eigenvalue weighted by molar-refractivity contribution is 0.483. The van der Waals surface area contributed by atoms with Gasteiger partial charge in [-0.15, -0.1) is 6.58 Å². The van der Waals surface area contributed by atoms with Gasteiger partial charge in [0.1, 0.15) is 11.5 Å². The van der Waals surface area contributed by atoms with Gasteiger partial charge in [0.15, 0.2) is 0 Å². The molecule has 2 aromatic carbocycles. The van der Waals surface area contributed by atoms with Crippen LogP contribution in [0.2, 0.25) is 0 Å². The molecule has 0 saturated carbocycles. The molecule has 0 aliphatic heterocycles. The van der Waals surface area contributed by atoms with Crippen LogP contribution in [0.5, 0.6) is 11.5 Å². The van der Waals surface area contributed by atoms with Gasteiger partial charge in [0.05, 0.1) is 0 Å². The molecule has 110 valence electrons. The van der Waals surface area contributed by atoms with Crippen molar-refractivity contribution in [2.24, 2.45) is 0 Å². The molecule has 0 heterocycles. The van der Waals surface area contributed by atoms with Gasteiger partial charge in [-0.1, -0.05) is 36.8 Å². The van der Waals surface area contributed by atoms with Crippen LogP contribution in [0, 0.1) is 0 Å². The first-order valence-electron chi connectivity index (χ1n) is 7.56. The molecule has 0 amide bonds. The maximum absolute atomic E-state index is 5.83. The summed E-state index contributed by atoms with van der Waals surface area (Å²) in [5.41, 5.74) is 1.10. The van der Waals surface area contributed by atoms with E-state index in [1.165, 1.54) is 19.3 Å². The van der Waals surface area contributed by atoms with Crippen molar-refractivity contribution in [2.75, 3.05) is 11.9 Å². The van der Waals surface area contributed by atoms with E-state index >= 15 is 0 Å². The van der Waals surface area contributed by atoms with Gasteiger partial charge in [-0.25, -0.2) is 0 Å². The summed E-state index contributed by atoms with van der Waals surface area (Å²) >= 11 is 0. The Morgan fingerprint density at radius 3 is 2.52 bits per heavy atom. The van der Waals surface area contributed by atoms with Crippen LogP contribution in [0.25, 0.3) is 0 Å². The van der Waals surface area contributed by atoms with E-state index in [1.807, 2.05) is 54.6 Å². The molecule has 2 aromatic rings. The standard InChI is InChI=1S/C19H23NO/c1-2-3-4-5-9-15-20-17-11-10-14-19(16-17)21-18-12-7-6-8-13-18/h2,6-8,10-14,16,20H,1,3-5,9,15H2. The number of allylic oxidation sites excluding steroid dienone is 1. The van der Waals surface area contributed by atoms with Crippen LogP contribution in [0.1, 0.15) is 25.7 Å². The molecule has 2 nitrogen and oxygen atoms in total. The minimum absolute atomic E-state index is 0.859. The maximum atomic E-state index is 5.83. The summed E-state index contributed by atoms with van der Waals surface area (Å²) in [5, 5.41) is 3.44. The second kappa shape index (κ2) is 8.85. The van der Waals surface area contributed by atoms with Gasteiger partial charge >= 0.3 is 0 Å². The molecule has 2 heteroatoms. The van der Waals surface area contributed by atoms with E-state index in [0.29, 0.717) is 0 Å². The second-order valence-corrected chi connectivity index (χ2v) is 5.01. The van der Waals surface area contributed by atoms with Crippen molar-refractivity contribution < 1.29 is 4.74 Å². The van der Waals surface area contributed by atoms with E-state index in [0.717, 1.165) is 30.2 Å². The highest BCUT2D eigenvalue weighted by Crippen LogP contribution is 2.23. The fourth-order valence-corrected chi connectivity index (χ4v) is 2.12. The van der Waals surface area contributed by atoms with Crippen molar-refractivity contribution in [1.82, 2.24) is 0 Å². The van der Waals surface area contributed by atoms with Crippen molar-refractivity contribution >= 4 is 5.69 Å². The number of hydrogen-bond donors (Lipinski definition) is 1. The molecule has 0 bridgehead atoms. The number of ether oxygens (including phenoxy) is 1. The lowest BCUT2D eigenvalue weighted by Gasteiger charge is -2.09. The topological polar surface area (TPSA) is 21.3 Å². The van der Waals surface area contributed by atoms with Crippen molar-refractivity contribution in [2.45, 2.75) is 25.7 Å². The van der Waals surface area contributed by atoms with Gasteiger partial charge in [0.2, 0.25) is 0 Å². The van der Waals surface area contributed by atoms with Crippen LogP contribution in [0.4, 0.5) is 5.69 Å². The quantitative estimate of drug-likeness (QED) is 0.474. The molecule has 0 aliphatic carbocycles. The molecule has 0 unspecified atom stereocenters. The minimum atomic E-state index is 0.859. The summed E-state index contributed by atoms with van der Waals surface area (Å²) < 4.78 is 5.83. The molecular formula is C19H23NO. The average Bonchev–Trinajstić information content (AvgIpc) is 2.52. The largest absolute Gasteiger partial charge is 0.457 e. The van der Waals surface area contributed by atoms with Crippen molar-refractivity contribution in [3.8, 4) is 11.5 Å². The third-order valence-electron chi connectivity index (χ3n) is 3.23. The Morgan fingerprint density at radius 2 is 1.71 bits per heavy atom. The Hall–Kier alpha value is -2.22. The summed E-state index contributed by atoms with van der Waals surface area (Å²) in [6.07, 6.45) is 6.73. The van der Waals surface area contributed by atoms with E-state index in [4.69, 9.17) is 4.74 Å². The van der Waals surface area contributed by atoms with Crippen LogP contribution in [-0.4, -0.2) is 6.54 Å². The van der Waals surface area contributed by atoms with E-state index in [9.17, 15) is 0 Å². The van der Waals surface area contributed by atoms with Crippen LogP contribution in [0.15, 0.2) is 67.3 Å². The van der Waals surface area contributed by atoms with Gasteiger partial charge < -0.3 is 10.1 Å². The van der Waals surface area contributed by atoms with Gasteiger partial charge in [0.25, 0.3) is 0 Å². The van der Waals surface area contributed by atoms with E-state index in [-0.39, 0.29) is 0 Å². The highest BCUT2D eigenvalue weighted by atomic mass is 16.5. The third kappa shape index (κ3) is 5.74. The number of benzene rings is 2. The Bertz CT molecular complexity index is 536. The number of unbranched alkanes of at least 4 members (excludes halogenated alkanes) is 3. The number of hydrogen-bond acceptors (Lipinski definition) is 2. The fourth-order valence-electron chi connectivity index (χ4n) is 2.12. The second-order valence-electron chi connectivity index (χ2n) is 5.01. The summed E-state index contributed by atoms with van der Waals surface area (Å²) in [7, 11) is 0. The molecule has 1 N–H and O–H groups in total. The lowest BCUT2D eigenvalue weighted by atomic mass is 10.2. The van der Waals surface area contributed by atoms with Crippen LogP contribution in [0.3, 0.4) is 0 Å². The van der Waals surface area contributed by atoms with Crippen molar-refractivity contribution in [3.63, 3.8) is 0 Å². The maximum Gasteiger partial charge on any atom is 0.129 e. The van der Waals surface area contributed by atoms with Crippen LogP contribution in [-0.2, 0) is 0 Å². The summed E-state index contributed by atoms with van der Waals surface area (Å²) in [4.78, 5) is 0. The molecule has 0 fully saturated rings. The zero-order valence-corrected chi connectivity index (χ0v) is 12.4. The SMILES string of the molecule is C=CCCCCCNc1cccc(Oc2ccccc2)c1. The number of nitrogens with one attached hydrogen (secondary N) is 1. The first-order valence-corrected chi connectivity index (χ1v) is 7.56. The first kappa shape index (κ1) is 15.2. The molecule has 0 atom stereocenters. The molecule has 2 rings (SSSR count). The molecule has 0 spiro atoms. The normalized spacial score (nSPS) is 10.1. The molecule has 0 aliphatic rings. The van der Waals surface area contributed by atoms with Crippen LogP contribution < -0.4 is 10.1 Å². The van der Waals surface area contributed by atoms with Gasteiger partial charge in [-0.3, -0.25) is 0 Å². The van der Waals surface area contributed by atoms with E-state index in [1.54, 1.807) is 0 Å². The average molecular weight is 281 g/mol. The summed E-state index contributed by atoms with van der Waals surface area (Å²) in [6.45, 7) is 4.73. The minimum Gasteiger partial charge on any atom is -0.457 e. The zero-order chi connectivity index (χ0) is 14.8. The van der Waals surface area contributed by atoms with Gasteiger partial charge in [-0.2, -0.15) is 0 Å². The first-order chi connectivity index (χ1) is 10.4. The lowest BCUT2D eigenvalue weighted by Crippen LogP contribution is -2.01. The monoisotopic (exact) mass is 281 g/mol. The summed E-state index contributed by atoms with van der Waals surface area (Å²) in [6, 6.07) is 17.9. The molecular weight excluding hydrogens is 258 g/mol. The fraction of sp³-hybridized carbons (Fsp3) is 0.263. The smallest absolute Gasteiger partial charge is 0.129 e. The number of anilines is 1. The number of rotatable bonds is 9. The van der Waals surface area contributed by atoms with E-state index in [2.05, 4.69) is 18.0 Å². The van der Waals surface area contributed by atoms with Crippen molar-refractivity contribution in [1.29, 1.82) is 0 Å². The molecule has 0 saturated heterocycles. The Morgan fingerprint density at radius 1 is 0.905 bits per heavy atom. The zero-order valence-electron chi connectivity index (χ0n) is 12.4. The predicted octanol–water partition coefficient (Wildman–Crippen LogP) is 5.64. The van der Waals surface area contributed by atoms with Gasteiger partial charge in [0, 0.05) is 18.3 Å². The predicted molar refractivity (Wildman–Crippen MR) is 90.1 cm³/mol. The van der Waals surface area contributed by atoms with Crippen molar-refractivity contribution in [3.05, 3.63) is 67.3 Å². The molecule has 21 heavy (non-hydrogen) atoms. The van der Waals surface area contributed by atoms with E-state index < -0.39 is 0 Å². The number of para-hydroxylation sites is 1. The molecule has 0 aromatic heterocycles. The van der Waals surface area contributed by atoms with Gasteiger partial charge in [-0.05, 0) is 43.5 Å². The highest BCUT2D eigenvalue weighted by molar-refractivity contribution is 5.49. The Balaban J connectivity index is 1.79. The Kier molecular flexibility index (Phi) is 6.40. The Labute approximate surface area is 127 Å². The molecule has 0 radical (unpaired) electrons. The highest BCUT2D eigenvalue weighted by Gasteiger charge is 1.98.